The number of hydrogen-bond acceptors (Lipinski definition) is 5. The number of nitrogens with one attached hydrogen (secondary N) is 1. The molecule has 0 heterocycles. The number of methoxy groups -OCH3 is 1. The van der Waals surface area contributed by atoms with Crippen molar-refractivity contribution in [2.24, 2.45) is 0 Å². The average Bonchev–Trinajstić information content (AvgIpc) is 2.34. The highest BCUT2D eigenvalue weighted by Gasteiger charge is 2.25. The molecule has 8 heteroatoms. The Morgan fingerprint density at radius 3 is 2.37 bits per heavy atom. The molecule has 19 heavy (non-hydrogen) atoms. The first-order valence-electron chi connectivity index (χ1n) is 5.77. The van der Waals surface area contributed by atoms with Gasteiger partial charge in [0.1, 0.15) is 6.04 Å². The normalized spacial score (nSPS) is 13.3. The summed E-state index contributed by atoms with van der Waals surface area (Å²) in [5.74, 6) is -2.04. The monoisotopic (exact) mass is 276 g/mol. The molecule has 0 rings (SSSR count). The van der Waals surface area contributed by atoms with Crippen molar-refractivity contribution < 1.29 is 29.3 Å². The molecule has 0 aromatic rings. The van der Waals surface area contributed by atoms with Gasteiger partial charge in [0.2, 0.25) is 0 Å². The zero-order chi connectivity index (χ0) is 15.0. The summed E-state index contributed by atoms with van der Waals surface area (Å²) in [6.45, 7) is 1.86. The lowest BCUT2D eigenvalue weighted by molar-refractivity contribution is -0.147. The molecule has 0 aromatic carbocycles. The van der Waals surface area contributed by atoms with Crippen molar-refractivity contribution in [2.45, 2.75) is 31.9 Å². The standard InChI is InChI=1S/C11H20N2O6/c1-7(14)4-5-13(2)11(18)12-8(10(16)17)6-9(15)19-3/h7-8,14H,4-6H2,1-3H3,(H,12,18)(H,16,17)/t7?,8-/m0/s1. The molecule has 0 radical (unpaired) electrons. The highest BCUT2D eigenvalue weighted by Crippen LogP contribution is 1.99. The molecule has 0 aliphatic rings. The number of aliphatic hydroxyl groups is 1. The molecule has 0 saturated carbocycles. The fourth-order valence-electron chi connectivity index (χ4n) is 1.19. The number of aliphatic carboxylic acids is 1. The van der Waals surface area contributed by atoms with E-state index in [2.05, 4.69) is 10.1 Å². The Bertz CT molecular complexity index is 331. The van der Waals surface area contributed by atoms with Gasteiger partial charge in [-0.05, 0) is 13.3 Å². The lowest BCUT2D eigenvalue weighted by atomic mass is 10.2. The molecule has 8 nitrogen and oxygen atoms in total. The van der Waals surface area contributed by atoms with Crippen LogP contribution < -0.4 is 5.32 Å². The van der Waals surface area contributed by atoms with Gasteiger partial charge < -0.3 is 25.2 Å². The van der Waals surface area contributed by atoms with Crippen molar-refractivity contribution in [2.75, 3.05) is 20.7 Å². The Kier molecular flexibility index (Phi) is 7.50. The highest BCUT2D eigenvalue weighted by atomic mass is 16.5. The van der Waals surface area contributed by atoms with E-state index in [9.17, 15) is 14.4 Å². The quantitative estimate of drug-likeness (QED) is 0.535. The molecule has 0 aliphatic heterocycles. The van der Waals surface area contributed by atoms with E-state index in [0.29, 0.717) is 6.42 Å². The van der Waals surface area contributed by atoms with Crippen molar-refractivity contribution in [1.82, 2.24) is 10.2 Å². The molecule has 2 atom stereocenters. The van der Waals surface area contributed by atoms with E-state index < -0.39 is 36.5 Å². The summed E-state index contributed by atoms with van der Waals surface area (Å²) < 4.78 is 4.35. The van der Waals surface area contributed by atoms with Crippen molar-refractivity contribution in [3.8, 4) is 0 Å². The number of hydrogen-bond donors (Lipinski definition) is 3. The Morgan fingerprint density at radius 1 is 1.37 bits per heavy atom. The van der Waals surface area contributed by atoms with E-state index in [0.717, 1.165) is 7.11 Å². The number of carbonyl (C=O) groups is 3. The van der Waals surface area contributed by atoms with E-state index in [1.807, 2.05) is 0 Å². The zero-order valence-electron chi connectivity index (χ0n) is 11.3. The number of ether oxygens (including phenoxy) is 1. The van der Waals surface area contributed by atoms with Crippen molar-refractivity contribution in [3.63, 3.8) is 0 Å². The third-order valence-corrected chi connectivity index (χ3v) is 2.42. The van der Waals surface area contributed by atoms with Crippen molar-refractivity contribution >= 4 is 18.0 Å². The van der Waals surface area contributed by atoms with Crippen LogP contribution in [0.25, 0.3) is 0 Å². The van der Waals surface area contributed by atoms with Crippen molar-refractivity contribution in [1.29, 1.82) is 0 Å². The van der Waals surface area contributed by atoms with Crippen LogP contribution in [-0.4, -0.2) is 65.9 Å². The summed E-state index contributed by atoms with van der Waals surface area (Å²) in [4.78, 5) is 34.8. The van der Waals surface area contributed by atoms with E-state index >= 15 is 0 Å². The Hall–Kier alpha value is -1.83. The van der Waals surface area contributed by atoms with E-state index in [4.69, 9.17) is 10.2 Å². The van der Waals surface area contributed by atoms with Crippen LogP contribution in [0.3, 0.4) is 0 Å². The van der Waals surface area contributed by atoms with Gasteiger partial charge in [-0.25, -0.2) is 9.59 Å². The second-order valence-electron chi connectivity index (χ2n) is 4.18. The minimum absolute atomic E-state index is 0.272. The molecule has 0 fully saturated rings. The Labute approximate surface area is 111 Å². The van der Waals surface area contributed by atoms with Gasteiger partial charge in [-0.2, -0.15) is 0 Å². The molecule has 0 spiro atoms. The van der Waals surface area contributed by atoms with Gasteiger partial charge in [0, 0.05) is 13.6 Å². The lowest BCUT2D eigenvalue weighted by Crippen LogP contribution is -2.48. The number of carboxylic acids is 1. The minimum atomic E-state index is -1.34. The topological polar surface area (TPSA) is 116 Å². The summed E-state index contributed by atoms with van der Waals surface area (Å²) in [5, 5.41) is 20.2. The van der Waals surface area contributed by atoms with Crippen molar-refractivity contribution in [3.05, 3.63) is 0 Å². The van der Waals surface area contributed by atoms with Gasteiger partial charge in [0.05, 0.1) is 19.6 Å². The van der Waals surface area contributed by atoms with Crippen LogP contribution in [0.2, 0.25) is 0 Å². The summed E-state index contributed by atoms with van der Waals surface area (Å²) in [5.41, 5.74) is 0. The maximum atomic E-state index is 11.7. The van der Waals surface area contributed by atoms with Gasteiger partial charge in [-0.15, -0.1) is 0 Å². The van der Waals surface area contributed by atoms with Gasteiger partial charge in [0.15, 0.2) is 0 Å². The molecule has 3 N–H and O–H groups in total. The second-order valence-corrected chi connectivity index (χ2v) is 4.18. The van der Waals surface area contributed by atoms with Gasteiger partial charge >= 0.3 is 18.0 Å². The third kappa shape index (κ3) is 7.24. The fraction of sp³-hybridized carbons (Fsp3) is 0.727. The van der Waals surface area contributed by atoms with Gasteiger partial charge in [0.25, 0.3) is 0 Å². The maximum Gasteiger partial charge on any atom is 0.326 e. The molecule has 110 valence electrons. The molecule has 0 aromatic heterocycles. The van der Waals surface area contributed by atoms with E-state index in [-0.39, 0.29) is 6.54 Å². The van der Waals surface area contributed by atoms with E-state index in [1.54, 1.807) is 6.92 Å². The highest BCUT2D eigenvalue weighted by molar-refractivity contribution is 5.86. The van der Waals surface area contributed by atoms with Crippen LogP contribution in [0.5, 0.6) is 0 Å². The smallest absolute Gasteiger partial charge is 0.326 e. The summed E-state index contributed by atoms with van der Waals surface area (Å²) in [6, 6.07) is -1.97. The number of carbonyl (C=O) groups excluding carboxylic acids is 2. The van der Waals surface area contributed by atoms with Crippen LogP contribution in [0.4, 0.5) is 4.79 Å². The SMILES string of the molecule is COC(=O)C[C@H](NC(=O)N(C)CCC(C)O)C(=O)O. The zero-order valence-corrected chi connectivity index (χ0v) is 11.3. The Balaban J connectivity index is 4.38. The maximum absolute atomic E-state index is 11.7. The summed E-state index contributed by atoms with van der Waals surface area (Å²) >= 11 is 0. The van der Waals surface area contributed by atoms with Crippen LogP contribution in [0.1, 0.15) is 19.8 Å². The van der Waals surface area contributed by atoms with Gasteiger partial charge in [-0.3, -0.25) is 4.79 Å². The lowest BCUT2D eigenvalue weighted by Gasteiger charge is -2.21. The summed E-state index contributed by atoms with van der Waals surface area (Å²) in [7, 11) is 2.60. The van der Waals surface area contributed by atoms with Crippen LogP contribution >= 0.6 is 0 Å². The average molecular weight is 276 g/mol. The molecular weight excluding hydrogens is 256 g/mol. The molecule has 0 bridgehead atoms. The molecule has 1 unspecified atom stereocenters. The first kappa shape index (κ1) is 17.2. The van der Waals surface area contributed by atoms with Crippen LogP contribution in [0, 0.1) is 0 Å². The Morgan fingerprint density at radius 2 is 1.95 bits per heavy atom. The third-order valence-electron chi connectivity index (χ3n) is 2.42. The molecule has 0 saturated heterocycles. The number of carboxylic acid groups (broad SMARTS) is 1. The van der Waals surface area contributed by atoms with E-state index in [1.165, 1.54) is 11.9 Å². The largest absolute Gasteiger partial charge is 0.480 e. The van der Waals surface area contributed by atoms with Crippen LogP contribution in [0.15, 0.2) is 0 Å². The number of aliphatic hydroxyl groups excluding tert-OH is 1. The molecule has 0 aliphatic carbocycles. The predicted molar refractivity (Wildman–Crippen MR) is 65.5 cm³/mol. The van der Waals surface area contributed by atoms with Gasteiger partial charge in [-0.1, -0.05) is 0 Å². The fourth-order valence-corrected chi connectivity index (χ4v) is 1.19. The first-order chi connectivity index (χ1) is 8.77. The molecule has 2 amide bonds. The summed E-state index contributed by atoms with van der Waals surface area (Å²) in [6.07, 6.45) is -0.624. The number of rotatable bonds is 7. The first-order valence-corrected chi connectivity index (χ1v) is 5.77. The number of nitrogens with zero attached hydrogens (tertiary/aromatic N) is 1. The number of esters is 1. The predicted octanol–water partition coefficient (Wildman–Crippen LogP) is -0.585. The molecular formula is C11H20N2O6. The number of amides is 2. The second kappa shape index (κ2) is 8.30. The minimum Gasteiger partial charge on any atom is -0.480 e. The van der Waals surface area contributed by atoms with Crippen LogP contribution in [-0.2, 0) is 14.3 Å². The number of urea groups is 1.